The summed E-state index contributed by atoms with van der Waals surface area (Å²) in [5.41, 5.74) is 5.05. The molecule has 0 radical (unpaired) electrons. The van der Waals surface area contributed by atoms with E-state index in [9.17, 15) is 10.2 Å². The van der Waals surface area contributed by atoms with Crippen LogP contribution in [0.2, 0.25) is 0 Å². The molecule has 0 saturated heterocycles. The Morgan fingerprint density at radius 2 is 1.88 bits per heavy atom. The Labute approximate surface area is 204 Å². The molecule has 3 heterocycles. The lowest BCUT2D eigenvalue weighted by Crippen LogP contribution is -2.27. The fourth-order valence-electron chi connectivity index (χ4n) is 3.87. The van der Waals surface area contributed by atoms with Gasteiger partial charge in [0.2, 0.25) is 0 Å². The van der Waals surface area contributed by atoms with E-state index in [4.69, 9.17) is 9.47 Å². The number of rotatable bonds is 7. The lowest BCUT2D eigenvalue weighted by atomic mass is 10.0. The van der Waals surface area contributed by atoms with Gasteiger partial charge in [-0.2, -0.15) is 5.10 Å². The normalized spacial score (nSPS) is 12.9. The minimum atomic E-state index is -0.454. The Bertz CT molecular complexity index is 1340. The molecule has 0 saturated carbocycles. The van der Waals surface area contributed by atoms with Crippen LogP contribution in [0.25, 0.3) is 22.2 Å². The van der Waals surface area contributed by atoms with Crippen molar-refractivity contribution in [2.24, 2.45) is 7.05 Å². The average molecular weight is 526 g/mol. The van der Waals surface area contributed by atoms with Crippen LogP contribution in [-0.2, 0) is 7.05 Å². The van der Waals surface area contributed by atoms with Gasteiger partial charge in [0.15, 0.2) is 17.3 Å². The van der Waals surface area contributed by atoms with Crippen molar-refractivity contribution < 1.29 is 19.7 Å². The lowest BCUT2D eigenvalue weighted by Gasteiger charge is -2.19. The molecular formula is C24H24BrN5O4. The minimum absolute atomic E-state index is 0.180. The molecule has 34 heavy (non-hydrogen) atoms. The first-order valence-electron chi connectivity index (χ1n) is 10.8. The largest absolute Gasteiger partial charge is 0.486 e. The number of benzene rings is 2. The molecule has 0 unspecified atom stereocenters. The van der Waals surface area contributed by atoms with Crippen LogP contribution in [0.15, 0.2) is 53.1 Å². The summed E-state index contributed by atoms with van der Waals surface area (Å²) in [7, 11) is 1.84. The van der Waals surface area contributed by atoms with Crippen molar-refractivity contribution in [2.45, 2.75) is 6.04 Å². The highest BCUT2D eigenvalue weighted by molar-refractivity contribution is 9.10. The van der Waals surface area contributed by atoms with Gasteiger partial charge in [0.1, 0.15) is 18.7 Å². The maximum atomic E-state index is 9.32. The Kier molecular flexibility index (Phi) is 6.27. The predicted octanol–water partition coefficient (Wildman–Crippen LogP) is 3.68. The molecule has 2 aromatic heterocycles. The monoisotopic (exact) mass is 525 g/mol. The molecule has 0 bridgehead atoms. The quantitative estimate of drug-likeness (QED) is 0.289. The summed E-state index contributed by atoms with van der Waals surface area (Å²) in [6, 6.07) is 13.3. The topological polar surface area (TPSA) is 114 Å². The first-order valence-corrected chi connectivity index (χ1v) is 11.6. The molecule has 4 aromatic rings. The number of nitrogens with one attached hydrogen (secondary N) is 2. The zero-order valence-corrected chi connectivity index (χ0v) is 20.0. The number of anilines is 3. The first kappa shape index (κ1) is 22.5. The van der Waals surface area contributed by atoms with Gasteiger partial charge in [0.25, 0.3) is 0 Å². The number of halogens is 1. The van der Waals surface area contributed by atoms with Gasteiger partial charge in [0.05, 0.1) is 42.3 Å². The van der Waals surface area contributed by atoms with Crippen molar-refractivity contribution in [3.8, 4) is 22.6 Å². The maximum absolute atomic E-state index is 9.32. The van der Waals surface area contributed by atoms with Crippen LogP contribution in [0.3, 0.4) is 0 Å². The highest BCUT2D eigenvalue weighted by atomic mass is 79.9. The Morgan fingerprint density at radius 3 is 2.68 bits per heavy atom. The number of hydrogen-bond donors (Lipinski definition) is 4. The zero-order valence-electron chi connectivity index (χ0n) is 18.5. The number of pyridine rings is 1. The van der Waals surface area contributed by atoms with Crippen molar-refractivity contribution in [1.82, 2.24) is 14.8 Å². The van der Waals surface area contributed by atoms with E-state index in [2.05, 4.69) is 36.6 Å². The molecule has 0 amide bonds. The molecule has 0 aliphatic carbocycles. The molecule has 9 nitrogen and oxygen atoms in total. The predicted molar refractivity (Wildman–Crippen MR) is 134 cm³/mol. The lowest BCUT2D eigenvalue weighted by molar-refractivity contribution is 0.171. The van der Waals surface area contributed by atoms with Gasteiger partial charge in [-0.3, -0.25) is 4.68 Å². The summed E-state index contributed by atoms with van der Waals surface area (Å²) < 4.78 is 14.0. The van der Waals surface area contributed by atoms with E-state index in [0.29, 0.717) is 30.2 Å². The van der Waals surface area contributed by atoms with E-state index in [1.165, 1.54) is 0 Å². The molecule has 176 valence electrons. The number of hydrogen-bond acceptors (Lipinski definition) is 8. The van der Waals surface area contributed by atoms with E-state index in [1.807, 2.05) is 49.5 Å². The van der Waals surface area contributed by atoms with Gasteiger partial charge in [-0.25, -0.2) is 4.98 Å². The average Bonchev–Trinajstić information content (AvgIpc) is 3.18. The SMILES string of the molecule is Cn1nc(Nc2cccc(-c3ccc4c(c3)OCCO4)c2Br)c2ncc(NC(CO)CO)cc21. The van der Waals surface area contributed by atoms with E-state index in [0.717, 1.165) is 38.3 Å². The number of nitrogens with zero attached hydrogens (tertiary/aromatic N) is 3. The third-order valence-electron chi connectivity index (χ3n) is 5.61. The van der Waals surface area contributed by atoms with Gasteiger partial charge >= 0.3 is 0 Å². The number of aryl methyl sites for hydroxylation is 1. The summed E-state index contributed by atoms with van der Waals surface area (Å²) in [6.45, 7) is 0.736. The van der Waals surface area contributed by atoms with Crippen molar-refractivity contribution in [3.63, 3.8) is 0 Å². The Hall–Kier alpha value is -3.34. The highest BCUT2D eigenvalue weighted by Gasteiger charge is 2.17. The highest BCUT2D eigenvalue weighted by Crippen LogP contribution is 2.40. The van der Waals surface area contributed by atoms with Crippen LogP contribution in [0.1, 0.15) is 0 Å². The second kappa shape index (κ2) is 9.49. The van der Waals surface area contributed by atoms with Crippen LogP contribution in [-0.4, -0.2) is 57.4 Å². The van der Waals surface area contributed by atoms with E-state index in [1.54, 1.807) is 10.9 Å². The van der Waals surface area contributed by atoms with E-state index < -0.39 is 6.04 Å². The second-order valence-electron chi connectivity index (χ2n) is 7.92. The standard InChI is InChI=1S/C24H24BrN5O4/c1-30-19-10-15(27-16(12-31)13-32)11-26-23(19)24(29-30)28-18-4-2-3-17(22(18)25)14-5-6-20-21(9-14)34-8-7-33-20/h2-6,9-11,16,27,31-32H,7-8,12-13H2,1H3,(H,28,29). The number of aliphatic hydroxyl groups excluding tert-OH is 2. The maximum Gasteiger partial charge on any atom is 0.179 e. The molecule has 0 atom stereocenters. The van der Waals surface area contributed by atoms with E-state index >= 15 is 0 Å². The summed E-state index contributed by atoms with van der Waals surface area (Å²) in [6.07, 6.45) is 1.66. The van der Waals surface area contributed by atoms with Crippen LogP contribution >= 0.6 is 15.9 Å². The van der Waals surface area contributed by atoms with Crippen molar-refractivity contribution in [3.05, 3.63) is 53.1 Å². The van der Waals surface area contributed by atoms with Gasteiger partial charge in [-0.1, -0.05) is 18.2 Å². The number of ether oxygens (including phenoxy) is 2. The summed E-state index contributed by atoms with van der Waals surface area (Å²) in [5, 5.41) is 29.7. The van der Waals surface area contributed by atoms with E-state index in [-0.39, 0.29) is 13.2 Å². The molecule has 5 rings (SSSR count). The fourth-order valence-corrected chi connectivity index (χ4v) is 4.46. The van der Waals surface area contributed by atoms with Crippen LogP contribution < -0.4 is 20.1 Å². The summed E-state index contributed by atoms with van der Waals surface area (Å²) in [5.74, 6) is 2.11. The fraction of sp³-hybridized carbons (Fsp3) is 0.250. The van der Waals surface area contributed by atoms with Crippen molar-refractivity contribution >= 4 is 44.2 Å². The minimum Gasteiger partial charge on any atom is -0.486 e. The Balaban J connectivity index is 1.45. The third kappa shape index (κ3) is 4.27. The van der Waals surface area contributed by atoms with Crippen LogP contribution in [0.4, 0.5) is 17.2 Å². The molecule has 1 aliphatic heterocycles. The molecule has 4 N–H and O–H groups in total. The molecule has 0 spiro atoms. The summed E-state index contributed by atoms with van der Waals surface area (Å²) in [4.78, 5) is 4.56. The van der Waals surface area contributed by atoms with Gasteiger partial charge in [0, 0.05) is 11.5 Å². The first-order chi connectivity index (χ1) is 16.6. The van der Waals surface area contributed by atoms with Crippen LogP contribution in [0.5, 0.6) is 11.5 Å². The van der Waals surface area contributed by atoms with Crippen molar-refractivity contribution in [2.75, 3.05) is 37.1 Å². The van der Waals surface area contributed by atoms with Gasteiger partial charge in [-0.15, -0.1) is 0 Å². The second-order valence-corrected chi connectivity index (χ2v) is 8.71. The number of aromatic nitrogens is 3. The third-order valence-corrected chi connectivity index (χ3v) is 6.46. The van der Waals surface area contributed by atoms with Gasteiger partial charge in [-0.05, 0) is 51.3 Å². The molecular weight excluding hydrogens is 502 g/mol. The molecule has 2 aromatic carbocycles. The molecule has 0 fully saturated rings. The van der Waals surface area contributed by atoms with Crippen molar-refractivity contribution in [1.29, 1.82) is 0 Å². The number of aliphatic hydroxyl groups is 2. The molecule has 10 heteroatoms. The molecule has 1 aliphatic rings. The number of fused-ring (bicyclic) bond motifs is 2. The summed E-state index contributed by atoms with van der Waals surface area (Å²) >= 11 is 3.75. The smallest absolute Gasteiger partial charge is 0.179 e. The zero-order chi connectivity index (χ0) is 23.7. The van der Waals surface area contributed by atoms with Gasteiger partial charge < -0.3 is 30.3 Å². The Morgan fingerprint density at radius 1 is 1.09 bits per heavy atom. The van der Waals surface area contributed by atoms with Crippen LogP contribution in [0, 0.1) is 0 Å².